The molecule has 2 atom stereocenters. The Bertz CT molecular complexity index is 660. The minimum atomic E-state index is -4.52. The maximum absolute atomic E-state index is 12.6. The fourth-order valence-corrected chi connectivity index (χ4v) is 2.47. The van der Waals surface area contributed by atoms with E-state index in [0.29, 0.717) is 6.42 Å². The Balaban J connectivity index is 1.88. The maximum Gasteiger partial charge on any atom is 0.433 e. The number of anilines is 1. The number of aromatic nitrogens is 2. The highest BCUT2D eigenvalue weighted by atomic mass is 19.4. The van der Waals surface area contributed by atoms with Gasteiger partial charge in [-0.05, 0) is 17.2 Å². The molecule has 0 amide bonds. The van der Waals surface area contributed by atoms with E-state index in [9.17, 15) is 18.3 Å². The Morgan fingerprint density at radius 2 is 1.95 bits per heavy atom. The third-order valence-electron chi connectivity index (χ3n) is 3.43. The number of hydrogen-bond acceptors (Lipinski definition) is 4. The number of nitrogens with zero attached hydrogens (tertiary/aromatic N) is 2. The van der Waals surface area contributed by atoms with Crippen molar-refractivity contribution in [2.75, 3.05) is 5.32 Å². The molecule has 2 aromatic rings. The SMILES string of the molecule is O[C@H]1Cc2ccccc2[C@H]1Nc1nccc(C(F)(F)F)n1. The van der Waals surface area contributed by atoms with E-state index in [2.05, 4.69) is 15.3 Å². The highest BCUT2D eigenvalue weighted by Crippen LogP contribution is 2.34. The molecule has 1 aliphatic rings. The van der Waals surface area contributed by atoms with E-state index in [1.54, 1.807) is 0 Å². The smallest absolute Gasteiger partial charge is 0.390 e. The third-order valence-corrected chi connectivity index (χ3v) is 3.43. The molecule has 0 radical (unpaired) electrons. The van der Waals surface area contributed by atoms with Crippen molar-refractivity contribution < 1.29 is 18.3 Å². The van der Waals surface area contributed by atoms with Crippen LogP contribution in [-0.4, -0.2) is 21.2 Å². The third kappa shape index (κ3) is 2.69. The molecule has 0 fully saturated rings. The van der Waals surface area contributed by atoms with Crippen LogP contribution in [0.15, 0.2) is 36.5 Å². The summed E-state index contributed by atoms with van der Waals surface area (Å²) in [5, 5.41) is 12.8. The molecule has 0 saturated heterocycles. The van der Waals surface area contributed by atoms with E-state index in [-0.39, 0.29) is 5.95 Å². The van der Waals surface area contributed by atoms with Crippen LogP contribution in [0.4, 0.5) is 19.1 Å². The molecule has 110 valence electrons. The van der Waals surface area contributed by atoms with E-state index in [4.69, 9.17) is 0 Å². The van der Waals surface area contributed by atoms with Crippen molar-refractivity contribution in [1.82, 2.24) is 9.97 Å². The number of fused-ring (bicyclic) bond motifs is 1. The number of nitrogens with one attached hydrogen (secondary N) is 1. The monoisotopic (exact) mass is 295 g/mol. The summed E-state index contributed by atoms with van der Waals surface area (Å²) in [4.78, 5) is 7.25. The molecule has 2 N–H and O–H groups in total. The first-order valence-corrected chi connectivity index (χ1v) is 6.38. The molecule has 1 aromatic heterocycles. The molecular weight excluding hydrogens is 283 g/mol. The van der Waals surface area contributed by atoms with E-state index in [1.807, 2.05) is 24.3 Å². The van der Waals surface area contributed by atoms with Crippen molar-refractivity contribution in [2.45, 2.75) is 24.7 Å². The second-order valence-electron chi connectivity index (χ2n) is 4.86. The Morgan fingerprint density at radius 3 is 2.71 bits per heavy atom. The molecule has 0 saturated carbocycles. The summed E-state index contributed by atoms with van der Waals surface area (Å²) in [5.41, 5.74) is 0.807. The lowest BCUT2D eigenvalue weighted by Crippen LogP contribution is -2.23. The first kappa shape index (κ1) is 13.8. The van der Waals surface area contributed by atoms with Crippen LogP contribution in [0.25, 0.3) is 0 Å². The van der Waals surface area contributed by atoms with Gasteiger partial charge in [0.2, 0.25) is 5.95 Å². The minimum absolute atomic E-state index is 0.148. The second-order valence-corrected chi connectivity index (χ2v) is 4.86. The van der Waals surface area contributed by atoms with Gasteiger partial charge in [0.25, 0.3) is 0 Å². The van der Waals surface area contributed by atoms with Crippen molar-refractivity contribution in [3.05, 3.63) is 53.3 Å². The van der Waals surface area contributed by atoms with Crippen molar-refractivity contribution in [3.8, 4) is 0 Å². The van der Waals surface area contributed by atoms with Crippen molar-refractivity contribution in [1.29, 1.82) is 0 Å². The van der Waals surface area contributed by atoms with Gasteiger partial charge in [-0.3, -0.25) is 0 Å². The molecule has 7 heteroatoms. The maximum atomic E-state index is 12.6. The summed E-state index contributed by atoms with van der Waals surface area (Å²) in [5.74, 6) is -0.148. The van der Waals surface area contributed by atoms with E-state index >= 15 is 0 Å². The summed E-state index contributed by atoms with van der Waals surface area (Å²) in [6.45, 7) is 0. The normalized spacial score (nSPS) is 21.1. The van der Waals surface area contributed by atoms with Gasteiger partial charge in [0.1, 0.15) is 5.69 Å². The van der Waals surface area contributed by atoms with Gasteiger partial charge >= 0.3 is 6.18 Å². The topological polar surface area (TPSA) is 58.0 Å². The van der Waals surface area contributed by atoms with E-state index in [1.165, 1.54) is 0 Å². The molecule has 0 bridgehead atoms. The first-order valence-electron chi connectivity index (χ1n) is 6.38. The molecule has 1 aliphatic carbocycles. The second kappa shape index (κ2) is 5.00. The number of halogens is 3. The molecule has 21 heavy (non-hydrogen) atoms. The minimum Gasteiger partial charge on any atom is -0.390 e. The molecular formula is C14H12F3N3O. The number of aliphatic hydroxyl groups is 1. The van der Waals surface area contributed by atoms with Gasteiger partial charge in [0.05, 0.1) is 12.1 Å². The first-order chi connectivity index (χ1) is 9.95. The number of benzene rings is 1. The average Bonchev–Trinajstić information content (AvgIpc) is 2.75. The molecule has 4 nitrogen and oxygen atoms in total. The lowest BCUT2D eigenvalue weighted by molar-refractivity contribution is -0.141. The number of rotatable bonds is 2. The molecule has 0 aliphatic heterocycles. The number of alkyl halides is 3. The molecule has 1 aromatic carbocycles. The van der Waals surface area contributed by atoms with Gasteiger partial charge in [-0.15, -0.1) is 0 Å². The van der Waals surface area contributed by atoms with Crippen LogP contribution in [0.3, 0.4) is 0 Å². The summed E-state index contributed by atoms with van der Waals surface area (Å²) >= 11 is 0. The molecule has 3 rings (SSSR count). The fraction of sp³-hybridized carbons (Fsp3) is 0.286. The lowest BCUT2D eigenvalue weighted by atomic mass is 10.1. The zero-order valence-electron chi connectivity index (χ0n) is 10.8. The summed E-state index contributed by atoms with van der Waals surface area (Å²) in [6.07, 6.45) is -3.75. The van der Waals surface area contributed by atoms with Crippen molar-refractivity contribution in [2.24, 2.45) is 0 Å². The van der Waals surface area contributed by atoms with Crippen molar-refractivity contribution >= 4 is 5.95 Å². The number of hydrogen-bond donors (Lipinski definition) is 2. The molecule has 0 spiro atoms. The standard InChI is InChI=1S/C14H12F3N3O/c15-14(16,17)11-5-6-18-13(19-11)20-12-9-4-2-1-3-8(9)7-10(12)21/h1-6,10,12,21H,7H2,(H,18,19,20)/t10-,12+/m0/s1. The van der Waals surface area contributed by atoms with Gasteiger partial charge in [0, 0.05) is 12.6 Å². The quantitative estimate of drug-likeness (QED) is 0.894. The van der Waals surface area contributed by atoms with Gasteiger partial charge in [0.15, 0.2) is 0 Å². The summed E-state index contributed by atoms with van der Waals surface area (Å²) < 4.78 is 37.9. The average molecular weight is 295 g/mol. The van der Waals surface area contributed by atoms with Crippen LogP contribution in [0.5, 0.6) is 0 Å². The number of aliphatic hydroxyl groups excluding tert-OH is 1. The Kier molecular flexibility index (Phi) is 3.29. The fourth-order valence-electron chi connectivity index (χ4n) is 2.47. The van der Waals surface area contributed by atoms with Gasteiger partial charge in [-0.2, -0.15) is 13.2 Å². The predicted octanol–water partition coefficient (Wildman–Crippen LogP) is 2.57. The largest absolute Gasteiger partial charge is 0.433 e. The predicted molar refractivity (Wildman–Crippen MR) is 69.6 cm³/mol. The van der Waals surface area contributed by atoms with Crippen LogP contribution in [0.1, 0.15) is 22.9 Å². The van der Waals surface area contributed by atoms with Crippen LogP contribution >= 0.6 is 0 Å². The van der Waals surface area contributed by atoms with Gasteiger partial charge in [-0.1, -0.05) is 24.3 Å². The highest BCUT2D eigenvalue weighted by Gasteiger charge is 2.34. The summed E-state index contributed by atoms with van der Waals surface area (Å²) in [7, 11) is 0. The zero-order valence-corrected chi connectivity index (χ0v) is 10.8. The Labute approximate surface area is 118 Å². The van der Waals surface area contributed by atoms with Crippen LogP contribution in [-0.2, 0) is 12.6 Å². The van der Waals surface area contributed by atoms with Crippen molar-refractivity contribution in [3.63, 3.8) is 0 Å². The molecule has 0 unspecified atom stereocenters. The summed E-state index contributed by atoms with van der Waals surface area (Å²) in [6, 6.07) is 7.69. The van der Waals surface area contributed by atoms with E-state index < -0.39 is 24.0 Å². The van der Waals surface area contributed by atoms with Crippen LogP contribution < -0.4 is 5.32 Å². The Hall–Kier alpha value is -2.15. The highest BCUT2D eigenvalue weighted by molar-refractivity contribution is 5.42. The Morgan fingerprint density at radius 1 is 1.19 bits per heavy atom. The van der Waals surface area contributed by atoms with Gasteiger partial charge < -0.3 is 10.4 Å². The van der Waals surface area contributed by atoms with Crippen LogP contribution in [0.2, 0.25) is 0 Å². The zero-order chi connectivity index (χ0) is 15.0. The van der Waals surface area contributed by atoms with Gasteiger partial charge in [-0.25, -0.2) is 9.97 Å². The lowest BCUT2D eigenvalue weighted by Gasteiger charge is -2.18. The molecule has 1 heterocycles. The van der Waals surface area contributed by atoms with E-state index in [0.717, 1.165) is 23.4 Å². The van der Waals surface area contributed by atoms with Crippen LogP contribution in [0, 0.1) is 0 Å².